The van der Waals surface area contributed by atoms with Crippen molar-refractivity contribution in [1.29, 1.82) is 0 Å². The summed E-state index contributed by atoms with van der Waals surface area (Å²) in [6.07, 6.45) is 0. The fraction of sp³-hybridized carbons (Fsp3) is 0.0612. The highest BCUT2D eigenvalue weighted by Crippen LogP contribution is 2.52. The highest BCUT2D eigenvalue weighted by Gasteiger charge is 2.36. The Labute approximate surface area is 294 Å². The molecule has 0 spiro atoms. The zero-order valence-electron chi connectivity index (χ0n) is 28.3. The van der Waals surface area contributed by atoms with E-state index in [-0.39, 0.29) is 5.41 Å². The van der Waals surface area contributed by atoms with Crippen molar-refractivity contribution in [3.05, 3.63) is 163 Å². The summed E-state index contributed by atoms with van der Waals surface area (Å²) in [5, 5.41) is 12.5. The maximum Gasteiger partial charge on any atom is 0.136 e. The number of hydrogen-bond donors (Lipinski definition) is 0. The van der Waals surface area contributed by atoms with Gasteiger partial charge in [-0.1, -0.05) is 111 Å². The lowest BCUT2D eigenvalue weighted by molar-refractivity contribution is 0.661. The van der Waals surface area contributed by atoms with Crippen molar-refractivity contribution >= 4 is 76.1 Å². The fourth-order valence-corrected chi connectivity index (χ4v) is 9.57. The van der Waals surface area contributed by atoms with Crippen LogP contribution in [-0.2, 0) is 5.41 Å². The number of furan rings is 1. The standard InChI is InChI=1S/C49H31NO/c1-49(2)40-19-11-10-17-34(40)36-26-38-37-22-28(20-21-42(37)50(43(38)27-41(36)49)31-13-4-3-5-14-31)30-23-39-33-16-8-9-18-35(33)46-32-15-7-6-12-29(32)24-45-48(46)47(39)44(25-30)51-45/h3-27H,1-2H3. The van der Waals surface area contributed by atoms with E-state index in [1.54, 1.807) is 0 Å². The first kappa shape index (κ1) is 27.4. The molecule has 0 saturated carbocycles. The van der Waals surface area contributed by atoms with E-state index in [0.29, 0.717) is 0 Å². The number of benzene rings is 9. The summed E-state index contributed by atoms with van der Waals surface area (Å²) in [5.74, 6) is 0. The van der Waals surface area contributed by atoms with Crippen LogP contribution in [0.2, 0.25) is 0 Å². The Morgan fingerprint density at radius 3 is 2.02 bits per heavy atom. The monoisotopic (exact) mass is 649 g/mol. The van der Waals surface area contributed by atoms with E-state index < -0.39 is 0 Å². The SMILES string of the molecule is CC1(C)c2ccccc2-c2cc3c4cc(-c5cc6oc7cc8ccccc8c8c9ccccc9c(c5)c6c78)ccc4n(-c4ccccc4)c3cc21. The fourth-order valence-electron chi connectivity index (χ4n) is 9.57. The molecule has 1 aliphatic carbocycles. The van der Waals surface area contributed by atoms with Gasteiger partial charge in [-0.25, -0.2) is 0 Å². The minimum atomic E-state index is -0.0748. The first-order valence-electron chi connectivity index (χ1n) is 17.8. The highest BCUT2D eigenvalue weighted by molar-refractivity contribution is 6.38. The zero-order chi connectivity index (χ0) is 33.6. The normalized spacial score (nSPS) is 13.8. The van der Waals surface area contributed by atoms with Gasteiger partial charge < -0.3 is 8.98 Å². The van der Waals surface area contributed by atoms with Gasteiger partial charge in [0.1, 0.15) is 11.2 Å². The lowest BCUT2D eigenvalue weighted by Gasteiger charge is -2.21. The zero-order valence-corrected chi connectivity index (χ0v) is 28.3. The van der Waals surface area contributed by atoms with Crippen LogP contribution in [0.3, 0.4) is 0 Å². The quantitative estimate of drug-likeness (QED) is 0.170. The van der Waals surface area contributed by atoms with Crippen molar-refractivity contribution in [1.82, 2.24) is 4.57 Å². The van der Waals surface area contributed by atoms with Crippen molar-refractivity contribution in [2.75, 3.05) is 0 Å². The number of para-hydroxylation sites is 1. The first-order valence-corrected chi connectivity index (χ1v) is 17.8. The van der Waals surface area contributed by atoms with Crippen LogP contribution in [0.1, 0.15) is 25.0 Å². The molecule has 0 fully saturated rings. The molecule has 2 nitrogen and oxygen atoms in total. The summed E-state index contributed by atoms with van der Waals surface area (Å²) in [7, 11) is 0. The molecule has 0 bridgehead atoms. The van der Waals surface area contributed by atoms with E-state index in [0.717, 1.165) is 16.7 Å². The molecule has 238 valence electrons. The van der Waals surface area contributed by atoms with Crippen LogP contribution in [0.4, 0.5) is 0 Å². The molecule has 12 rings (SSSR count). The summed E-state index contributed by atoms with van der Waals surface area (Å²) in [5.41, 5.74) is 13.2. The van der Waals surface area contributed by atoms with Gasteiger partial charge in [-0.15, -0.1) is 0 Å². The molecule has 51 heavy (non-hydrogen) atoms. The Balaban J connectivity index is 1.17. The number of fused-ring (bicyclic) bond motifs is 11. The van der Waals surface area contributed by atoms with Crippen molar-refractivity contribution in [3.63, 3.8) is 0 Å². The maximum absolute atomic E-state index is 6.77. The Morgan fingerprint density at radius 1 is 0.431 bits per heavy atom. The van der Waals surface area contributed by atoms with Crippen molar-refractivity contribution in [2.24, 2.45) is 0 Å². The Hall–Kier alpha value is -6.38. The van der Waals surface area contributed by atoms with E-state index in [1.165, 1.54) is 98.4 Å². The van der Waals surface area contributed by atoms with Gasteiger partial charge >= 0.3 is 0 Å². The molecule has 0 atom stereocenters. The average molecular weight is 650 g/mol. The summed E-state index contributed by atoms with van der Waals surface area (Å²) in [4.78, 5) is 0. The van der Waals surface area contributed by atoms with Gasteiger partial charge in [-0.3, -0.25) is 0 Å². The minimum Gasteiger partial charge on any atom is -0.456 e. The van der Waals surface area contributed by atoms with Crippen LogP contribution >= 0.6 is 0 Å². The molecule has 0 aliphatic heterocycles. The smallest absolute Gasteiger partial charge is 0.136 e. The molecule has 0 saturated heterocycles. The topological polar surface area (TPSA) is 18.1 Å². The van der Waals surface area contributed by atoms with Crippen LogP contribution in [0.15, 0.2) is 156 Å². The van der Waals surface area contributed by atoms with Gasteiger partial charge in [-0.2, -0.15) is 0 Å². The Kier molecular flexibility index (Phi) is 5.08. The van der Waals surface area contributed by atoms with E-state index >= 15 is 0 Å². The second-order valence-electron chi connectivity index (χ2n) is 14.9. The van der Waals surface area contributed by atoms with E-state index in [1.807, 2.05) is 0 Å². The third-order valence-electron chi connectivity index (χ3n) is 11.9. The molecule has 2 heterocycles. The van der Waals surface area contributed by atoms with Crippen molar-refractivity contribution in [2.45, 2.75) is 19.3 Å². The van der Waals surface area contributed by atoms with Crippen LogP contribution in [0.25, 0.3) is 104 Å². The van der Waals surface area contributed by atoms with Gasteiger partial charge in [0, 0.05) is 38.0 Å². The van der Waals surface area contributed by atoms with E-state index in [9.17, 15) is 0 Å². The van der Waals surface area contributed by atoms with Crippen LogP contribution in [-0.4, -0.2) is 4.57 Å². The van der Waals surface area contributed by atoms with Gasteiger partial charge in [-0.05, 0) is 115 Å². The second kappa shape index (κ2) is 9.44. The van der Waals surface area contributed by atoms with Crippen LogP contribution in [0.5, 0.6) is 0 Å². The summed E-state index contributed by atoms with van der Waals surface area (Å²) in [6, 6.07) is 56.1. The molecule has 11 aromatic rings. The van der Waals surface area contributed by atoms with Crippen molar-refractivity contribution < 1.29 is 4.42 Å². The van der Waals surface area contributed by atoms with Gasteiger partial charge in [0.25, 0.3) is 0 Å². The molecule has 0 N–H and O–H groups in total. The van der Waals surface area contributed by atoms with E-state index in [2.05, 4.69) is 170 Å². The lowest BCUT2D eigenvalue weighted by atomic mass is 9.82. The molecule has 0 amide bonds. The van der Waals surface area contributed by atoms with Gasteiger partial charge in [0.05, 0.1) is 11.0 Å². The maximum atomic E-state index is 6.77. The number of nitrogens with zero attached hydrogens (tertiary/aromatic N) is 1. The first-order chi connectivity index (χ1) is 25.0. The molecule has 1 aliphatic rings. The van der Waals surface area contributed by atoms with Gasteiger partial charge in [0.15, 0.2) is 0 Å². The predicted octanol–water partition coefficient (Wildman–Crippen LogP) is 13.6. The Bertz CT molecular complexity index is 3260. The highest BCUT2D eigenvalue weighted by atomic mass is 16.3. The van der Waals surface area contributed by atoms with Gasteiger partial charge in [0.2, 0.25) is 0 Å². The third kappa shape index (κ3) is 3.47. The number of hydrogen-bond acceptors (Lipinski definition) is 1. The molecular weight excluding hydrogens is 619 g/mol. The Morgan fingerprint density at radius 2 is 1.14 bits per heavy atom. The van der Waals surface area contributed by atoms with E-state index in [4.69, 9.17) is 4.42 Å². The lowest BCUT2D eigenvalue weighted by Crippen LogP contribution is -2.14. The molecule has 2 heteroatoms. The third-order valence-corrected chi connectivity index (χ3v) is 11.9. The molecule has 9 aromatic carbocycles. The molecule has 2 aromatic heterocycles. The van der Waals surface area contributed by atoms with Crippen LogP contribution < -0.4 is 0 Å². The minimum absolute atomic E-state index is 0.0748. The molecular formula is C49H31NO. The number of rotatable bonds is 2. The van der Waals surface area contributed by atoms with Crippen molar-refractivity contribution in [3.8, 4) is 27.9 Å². The number of aromatic nitrogens is 1. The molecule has 0 radical (unpaired) electrons. The summed E-state index contributed by atoms with van der Waals surface area (Å²) < 4.78 is 9.22. The summed E-state index contributed by atoms with van der Waals surface area (Å²) >= 11 is 0. The largest absolute Gasteiger partial charge is 0.456 e. The predicted molar refractivity (Wildman–Crippen MR) is 215 cm³/mol. The molecule has 0 unspecified atom stereocenters. The average Bonchev–Trinajstić information content (AvgIpc) is 3.78. The van der Waals surface area contributed by atoms with Crippen LogP contribution in [0, 0.1) is 0 Å². The second-order valence-corrected chi connectivity index (χ2v) is 14.9. The summed E-state index contributed by atoms with van der Waals surface area (Å²) in [6.45, 7) is 4.73.